The molecule has 2 fully saturated rings. The minimum atomic E-state index is -0.125. The number of hydrogen-bond donors (Lipinski definition) is 0. The molecule has 0 amide bonds. The average Bonchev–Trinajstić information content (AvgIpc) is 2.88. The lowest BCUT2D eigenvalue weighted by atomic mass is 9.72. The second kappa shape index (κ2) is 12.3. The Hall–Kier alpha value is -2.29. The van der Waals surface area contributed by atoms with Crippen LogP contribution in [0.2, 0.25) is 0 Å². The molecule has 2 aromatic carbocycles. The average molecular weight is 491 g/mol. The number of hydrogen-bond acceptors (Lipinski definition) is 3. The molecule has 4 rings (SSSR count). The van der Waals surface area contributed by atoms with E-state index in [9.17, 15) is 4.79 Å². The van der Waals surface area contributed by atoms with Crippen molar-refractivity contribution in [3.8, 4) is 5.75 Å². The van der Waals surface area contributed by atoms with E-state index >= 15 is 0 Å². The number of allylic oxidation sites excluding steroid dienone is 2. The predicted octanol–water partition coefficient (Wildman–Crippen LogP) is 8.83. The highest BCUT2D eigenvalue weighted by atomic mass is 16.5. The minimum Gasteiger partial charge on any atom is -0.490 e. The van der Waals surface area contributed by atoms with Crippen molar-refractivity contribution in [1.82, 2.24) is 0 Å². The summed E-state index contributed by atoms with van der Waals surface area (Å²) in [6.07, 6.45) is 16.2. The first-order valence-corrected chi connectivity index (χ1v) is 14.3. The van der Waals surface area contributed by atoms with Gasteiger partial charge in [0.2, 0.25) is 0 Å². The summed E-state index contributed by atoms with van der Waals surface area (Å²) in [5.74, 6) is 2.33. The van der Waals surface area contributed by atoms with Gasteiger partial charge in [-0.3, -0.25) is 4.79 Å². The van der Waals surface area contributed by atoms with E-state index in [1.54, 1.807) is 0 Å². The van der Waals surface area contributed by atoms with Crippen LogP contribution in [0.4, 0.5) is 0 Å². The van der Waals surface area contributed by atoms with E-state index < -0.39 is 0 Å². The largest absolute Gasteiger partial charge is 0.490 e. The molecule has 0 bridgehead atoms. The van der Waals surface area contributed by atoms with Crippen molar-refractivity contribution in [2.24, 2.45) is 17.3 Å². The summed E-state index contributed by atoms with van der Waals surface area (Å²) in [6, 6.07) is 13.4. The molecule has 0 saturated heterocycles. The summed E-state index contributed by atoms with van der Waals surface area (Å²) in [5, 5.41) is 2.52. The lowest BCUT2D eigenvalue weighted by Gasteiger charge is -2.37. The van der Waals surface area contributed by atoms with Crippen LogP contribution in [-0.4, -0.2) is 19.2 Å². The summed E-state index contributed by atoms with van der Waals surface area (Å²) in [4.78, 5) is 11.6. The molecule has 0 aromatic heterocycles. The lowest BCUT2D eigenvalue weighted by Crippen LogP contribution is -2.30. The molecule has 0 unspecified atom stereocenters. The van der Waals surface area contributed by atoms with E-state index in [4.69, 9.17) is 9.47 Å². The van der Waals surface area contributed by atoms with Crippen LogP contribution in [0, 0.1) is 17.3 Å². The zero-order valence-corrected chi connectivity index (χ0v) is 23.0. The molecular formula is C33H46O3. The van der Waals surface area contributed by atoms with Crippen LogP contribution < -0.4 is 4.74 Å². The maximum Gasteiger partial charge on any atom is 0.305 e. The van der Waals surface area contributed by atoms with E-state index in [1.807, 2.05) is 0 Å². The maximum absolute atomic E-state index is 11.6. The van der Waals surface area contributed by atoms with E-state index in [-0.39, 0.29) is 5.97 Å². The fraction of sp³-hybridized carbons (Fsp3) is 0.606. The quantitative estimate of drug-likeness (QED) is 0.274. The third-order valence-electron chi connectivity index (χ3n) is 8.60. The molecule has 2 aromatic rings. The van der Waals surface area contributed by atoms with Gasteiger partial charge in [0.15, 0.2) is 0 Å². The Bertz CT molecular complexity index is 1030. The molecule has 2 aliphatic carbocycles. The van der Waals surface area contributed by atoms with Crippen molar-refractivity contribution in [1.29, 1.82) is 0 Å². The Morgan fingerprint density at radius 1 is 0.917 bits per heavy atom. The van der Waals surface area contributed by atoms with Gasteiger partial charge in [-0.05, 0) is 97.1 Å². The number of carbonyl (C=O) groups excluding carboxylic acids is 1. The lowest BCUT2D eigenvalue weighted by molar-refractivity contribution is -0.140. The molecule has 36 heavy (non-hydrogen) atoms. The predicted molar refractivity (Wildman–Crippen MR) is 149 cm³/mol. The molecule has 196 valence electrons. The summed E-state index contributed by atoms with van der Waals surface area (Å²) in [7, 11) is 1.47. The van der Waals surface area contributed by atoms with Gasteiger partial charge in [-0.15, -0.1) is 0 Å². The monoisotopic (exact) mass is 490 g/mol. The van der Waals surface area contributed by atoms with Crippen LogP contribution in [0.5, 0.6) is 5.75 Å². The number of methoxy groups -OCH3 is 1. The van der Waals surface area contributed by atoms with Gasteiger partial charge in [0, 0.05) is 6.42 Å². The Morgan fingerprint density at radius 3 is 2.31 bits per heavy atom. The third-order valence-corrected chi connectivity index (χ3v) is 8.60. The van der Waals surface area contributed by atoms with Gasteiger partial charge in [-0.1, -0.05) is 75.9 Å². The fourth-order valence-corrected chi connectivity index (χ4v) is 6.27. The van der Waals surface area contributed by atoms with Crippen molar-refractivity contribution in [2.45, 2.75) is 104 Å². The molecule has 3 heteroatoms. The van der Waals surface area contributed by atoms with Crippen LogP contribution in [0.15, 0.2) is 48.0 Å². The maximum atomic E-state index is 11.6. The van der Waals surface area contributed by atoms with Gasteiger partial charge in [0.1, 0.15) is 5.75 Å². The normalized spacial score (nSPS) is 21.9. The molecule has 0 heterocycles. The van der Waals surface area contributed by atoms with Crippen LogP contribution in [-0.2, 0) is 16.0 Å². The zero-order valence-electron chi connectivity index (χ0n) is 23.0. The number of esters is 1. The molecule has 2 saturated carbocycles. The highest BCUT2D eigenvalue weighted by molar-refractivity contribution is 5.84. The second-order valence-corrected chi connectivity index (χ2v) is 12.2. The topological polar surface area (TPSA) is 35.5 Å². The molecule has 3 nitrogen and oxygen atoms in total. The summed E-state index contributed by atoms with van der Waals surface area (Å²) in [6.45, 7) is 7.10. The first kappa shape index (κ1) is 26.8. The van der Waals surface area contributed by atoms with Gasteiger partial charge in [0.25, 0.3) is 0 Å². The van der Waals surface area contributed by atoms with Crippen LogP contribution in [0.3, 0.4) is 0 Å². The van der Waals surface area contributed by atoms with Crippen molar-refractivity contribution in [2.75, 3.05) is 7.11 Å². The van der Waals surface area contributed by atoms with Crippen molar-refractivity contribution in [3.05, 3.63) is 53.6 Å². The molecule has 0 spiro atoms. The van der Waals surface area contributed by atoms with Gasteiger partial charge in [-0.25, -0.2) is 0 Å². The van der Waals surface area contributed by atoms with E-state index in [0.29, 0.717) is 23.9 Å². The molecular weight excluding hydrogens is 444 g/mol. The van der Waals surface area contributed by atoms with Crippen molar-refractivity contribution < 1.29 is 14.3 Å². The summed E-state index contributed by atoms with van der Waals surface area (Å²) < 4.78 is 11.3. The number of fused-ring (bicyclic) bond motifs is 1. The summed E-state index contributed by atoms with van der Waals surface area (Å²) >= 11 is 0. The number of rotatable bonds is 8. The molecule has 2 aliphatic rings. The Labute approximate surface area is 218 Å². The van der Waals surface area contributed by atoms with Crippen molar-refractivity contribution >= 4 is 16.7 Å². The Balaban J connectivity index is 1.41. The van der Waals surface area contributed by atoms with Crippen LogP contribution in [0.1, 0.15) is 97.0 Å². The van der Waals surface area contributed by atoms with Crippen LogP contribution in [0.25, 0.3) is 10.8 Å². The molecule has 0 atom stereocenters. The van der Waals surface area contributed by atoms with E-state index in [2.05, 4.69) is 63.2 Å². The highest BCUT2D eigenvalue weighted by Crippen LogP contribution is 2.39. The Morgan fingerprint density at radius 2 is 1.61 bits per heavy atom. The van der Waals surface area contributed by atoms with Gasteiger partial charge in [0.05, 0.1) is 13.2 Å². The van der Waals surface area contributed by atoms with E-state index in [1.165, 1.54) is 74.0 Å². The van der Waals surface area contributed by atoms with Crippen LogP contribution >= 0.6 is 0 Å². The number of ether oxygens (including phenoxy) is 2. The fourth-order valence-electron chi connectivity index (χ4n) is 6.27. The minimum absolute atomic E-state index is 0.125. The second-order valence-electron chi connectivity index (χ2n) is 12.2. The third kappa shape index (κ3) is 7.37. The van der Waals surface area contributed by atoms with Gasteiger partial charge in [-0.2, -0.15) is 0 Å². The SMILES string of the molecule is COC(=O)CC/C=C(\Cc1ccc2cc(OC3CCC(C(C)(C)C)CC3)ccc2c1)C1CCCCC1. The van der Waals surface area contributed by atoms with Crippen molar-refractivity contribution in [3.63, 3.8) is 0 Å². The Kier molecular flexibility index (Phi) is 9.14. The van der Waals surface area contributed by atoms with Gasteiger partial charge >= 0.3 is 5.97 Å². The standard InChI is InChI=1S/C33H46O3/c1-33(2,3)29-16-19-30(20-17-29)36-31-18-15-27-22-24(13-14-28(27)23-31)21-26(11-8-12-32(34)35-4)25-9-6-5-7-10-25/h11,13-15,18,22-23,25,29-30H,5-10,12,16-17,19-21H2,1-4H3/b26-11+. The first-order valence-electron chi connectivity index (χ1n) is 14.3. The highest BCUT2D eigenvalue weighted by Gasteiger charge is 2.30. The summed E-state index contributed by atoms with van der Waals surface area (Å²) in [5.41, 5.74) is 3.26. The molecule has 0 radical (unpaired) electrons. The van der Waals surface area contributed by atoms with E-state index in [0.717, 1.165) is 37.4 Å². The number of carbonyl (C=O) groups is 1. The number of benzene rings is 2. The van der Waals surface area contributed by atoms with Gasteiger partial charge < -0.3 is 9.47 Å². The first-order chi connectivity index (χ1) is 17.3. The smallest absolute Gasteiger partial charge is 0.305 e. The molecule has 0 aliphatic heterocycles. The zero-order chi connectivity index (χ0) is 25.5. The molecule has 0 N–H and O–H groups in total.